The Morgan fingerprint density at radius 1 is 1.25 bits per heavy atom. The lowest BCUT2D eigenvalue weighted by Gasteiger charge is -2.05. The van der Waals surface area contributed by atoms with E-state index >= 15 is 0 Å². The number of benzene rings is 1. The highest BCUT2D eigenvalue weighted by Crippen LogP contribution is 2.36. The molecule has 0 radical (unpaired) electrons. The average molecular weight is 358 g/mol. The summed E-state index contributed by atoms with van der Waals surface area (Å²) in [7, 11) is 0. The van der Waals surface area contributed by atoms with Crippen LogP contribution in [0.4, 0.5) is 5.69 Å². The number of anilines is 1. The van der Waals surface area contributed by atoms with Gasteiger partial charge in [-0.25, -0.2) is 0 Å². The fourth-order valence-corrected chi connectivity index (χ4v) is 2.29. The molecule has 0 unspecified atom stereocenters. The van der Waals surface area contributed by atoms with Crippen LogP contribution < -0.4 is 5.73 Å². The molecule has 0 bridgehead atoms. The smallest absolute Gasteiger partial charge is 0.151 e. The normalized spacial score (nSPS) is 9.92. The van der Waals surface area contributed by atoms with Crippen molar-refractivity contribution in [3.05, 3.63) is 25.0 Å². The SMILES string of the molecule is Nc1c(Br)cc(C=O)c(Br)c1Br. The summed E-state index contributed by atoms with van der Waals surface area (Å²) in [6, 6.07) is 1.66. The number of hydrogen-bond acceptors (Lipinski definition) is 2. The lowest BCUT2D eigenvalue weighted by atomic mass is 10.2. The molecule has 0 aliphatic carbocycles. The summed E-state index contributed by atoms with van der Waals surface area (Å²) in [4.78, 5) is 10.5. The van der Waals surface area contributed by atoms with Crippen LogP contribution in [0.15, 0.2) is 19.5 Å². The van der Waals surface area contributed by atoms with Crippen molar-refractivity contribution in [1.29, 1.82) is 0 Å². The topological polar surface area (TPSA) is 43.1 Å². The van der Waals surface area contributed by atoms with Crippen molar-refractivity contribution in [2.75, 3.05) is 5.73 Å². The molecule has 5 heteroatoms. The lowest BCUT2D eigenvalue weighted by Crippen LogP contribution is -1.93. The Labute approximate surface area is 94.9 Å². The number of rotatable bonds is 1. The lowest BCUT2D eigenvalue weighted by molar-refractivity contribution is 0.112. The highest BCUT2D eigenvalue weighted by molar-refractivity contribution is 9.13. The highest BCUT2D eigenvalue weighted by Gasteiger charge is 2.09. The maximum Gasteiger partial charge on any atom is 0.151 e. The van der Waals surface area contributed by atoms with E-state index in [9.17, 15) is 4.79 Å². The highest BCUT2D eigenvalue weighted by atomic mass is 79.9. The van der Waals surface area contributed by atoms with E-state index in [0.717, 1.165) is 6.29 Å². The molecule has 64 valence electrons. The van der Waals surface area contributed by atoms with E-state index in [0.29, 0.717) is 24.7 Å². The quantitative estimate of drug-likeness (QED) is 0.476. The van der Waals surface area contributed by atoms with Gasteiger partial charge in [0, 0.05) is 14.5 Å². The molecule has 0 aliphatic heterocycles. The van der Waals surface area contributed by atoms with Gasteiger partial charge < -0.3 is 5.73 Å². The number of halogens is 3. The molecule has 0 saturated carbocycles. The van der Waals surface area contributed by atoms with E-state index in [1.807, 2.05) is 0 Å². The van der Waals surface area contributed by atoms with Gasteiger partial charge in [0.15, 0.2) is 6.29 Å². The van der Waals surface area contributed by atoms with Crippen molar-refractivity contribution in [2.45, 2.75) is 0 Å². The third-order valence-corrected chi connectivity index (χ3v) is 4.22. The maximum atomic E-state index is 10.5. The first-order valence-corrected chi connectivity index (χ1v) is 5.34. The fourth-order valence-electron chi connectivity index (χ4n) is 0.713. The number of hydrogen-bond donors (Lipinski definition) is 1. The summed E-state index contributed by atoms with van der Waals surface area (Å²) < 4.78 is 2.08. The molecule has 2 nitrogen and oxygen atoms in total. The van der Waals surface area contributed by atoms with E-state index in [-0.39, 0.29) is 0 Å². The average Bonchev–Trinajstić information content (AvgIpc) is 2.08. The molecule has 0 heterocycles. The third kappa shape index (κ3) is 1.72. The predicted octanol–water partition coefficient (Wildman–Crippen LogP) is 3.37. The van der Waals surface area contributed by atoms with Gasteiger partial charge in [-0.2, -0.15) is 0 Å². The Bertz CT molecular complexity index is 338. The predicted molar refractivity (Wildman–Crippen MR) is 59.3 cm³/mol. The van der Waals surface area contributed by atoms with Crippen molar-refractivity contribution >= 4 is 59.8 Å². The van der Waals surface area contributed by atoms with Crippen LogP contribution in [-0.2, 0) is 0 Å². The zero-order valence-corrected chi connectivity index (χ0v) is 10.5. The first kappa shape index (κ1) is 10.2. The van der Waals surface area contributed by atoms with E-state index in [2.05, 4.69) is 47.8 Å². The minimum Gasteiger partial charge on any atom is -0.397 e. The van der Waals surface area contributed by atoms with E-state index in [4.69, 9.17) is 5.73 Å². The Kier molecular flexibility index (Phi) is 3.31. The van der Waals surface area contributed by atoms with Gasteiger partial charge in [0.2, 0.25) is 0 Å². The van der Waals surface area contributed by atoms with Crippen molar-refractivity contribution in [3.8, 4) is 0 Å². The Hall–Kier alpha value is 0.130. The van der Waals surface area contributed by atoms with Crippen LogP contribution >= 0.6 is 47.8 Å². The Morgan fingerprint density at radius 3 is 2.33 bits per heavy atom. The van der Waals surface area contributed by atoms with Crippen LogP contribution in [-0.4, -0.2) is 6.29 Å². The number of carbonyl (C=O) groups is 1. The molecule has 0 fully saturated rings. The number of nitrogen functional groups attached to an aromatic ring is 1. The van der Waals surface area contributed by atoms with Crippen LogP contribution in [0.2, 0.25) is 0 Å². The van der Waals surface area contributed by atoms with Crippen LogP contribution in [0, 0.1) is 0 Å². The zero-order chi connectivity index (χ0) is 9.30. The second kappa shape index (κ2) is 3.89. The maximum absolute atomic E-state index is 10.5. The van der Waals surface area contributed by atoms with Crippen LogP contribution in [0.3, 0.4) is 0 Å². The minimum atomic E-state index is 0.558. The molecule has 1 aromatic rings. The summed E-state index contributed by atoms with van der Waals surface area (Å²) in [5.41, 5.74) is 6.80. The Balaban J connectivity index is 3.49. The largest absolute Gasteiger partial charge is 0.397 e. The summed E-state index contributed by atoms with van der Waals surface area (Å²) in [6.45, 7) is 0. The second-order valence-electron chi connectivity index (χ2n) is 2.11. The molecular weight excluding hydrogens is 354 g/mol. The molecule has 1 aromatic carbocycles. The molecule has 12 heavy (non-hydrogen) atoms. The van der Waals surface area contributed by atoms with Gasteiger partial charge >= 0.3 is 0 Å². The molecule has 0 aromatic heterocycles. The second-order valence-corrected chi connectivity index (χ2v) is 4.55. The van der Waals surface area contributed by atoms with Gasteiger partial charge in [0.05, 0.1) is 10.2 Å². The molecule has 0 spiro atoms. The van der Waals surface area contributed by atoms with Gasteiger partial charge in [-0.15, -0.1) is 0 Å². The van der Waals surface area contributed by atoms with Crippen LogP contribution in [0.1, 0.15) is 10.4 Å². The van der Waals surface area contributed by atoms with E-state index in [1.54, 1.807) is 6.07 Å². The standard InChI is InChI=1S/C7H4Br3NO/c8-4-1-3(2-12)5(9)6(10)7(4)11/h1-2H,11H2. The molecule has 2 N–H and O–H groups in total. The zero-order valence-electron chi connectivity index (χ0n) is 5.77. The first-order chi connectivity index (χ1) is 5.57. The fraction of sp³-hybridized carbons (Fsp3) is 0. The number of aldehydes is 1. The van der Waals surface area contributed by atoms with Crippen molar-refractivity contribution in [2.24, 2.45) is 0 Å². The van der Waals surface area contributed by atoms with Crippen LogP contribution in [0.25, 0.3) is 0 Å². The third-order valence-electron chi connectivity index (χ3n) is 1.35. The van der Waals surface area contributed by atoms with E-state index in [1.165, 1.54) is 0 Å². The van der Waals surface area contributed by atoms with Gasteiger partial charge in [-0.05, 0) is 53.9 Å². The molecule has 0 amide bonds. The van der Waals surface area contributed by atoms with Gasteiger partial charge in [0.1, 0.15) is 0 Å². The summed E-state index contributed by atoms with van der Waals surface area (Å²) in [5.74, 6) is 0. The summed E-state index contributed by atoms with van der Waals surface area (Å²) in [5, 5.41) is 0. The molecule has 0 saturated heterocycles. The first-order valence-electron chi connectivity index (χ1n) is 2.96. The van der Waals surface area contributed by atoms with Crippen molar-refractivity contribution in [3.63, 3.8) is 0 Å². The summed E-state index contributed by atoms with van der Waals surface area (Å²) >= 11 is 9.74. The molecule has 0 aliphatic rings. The minimum absolute atomic E-state index is 0.558. The van der Waals surface area contributed by atoms with Crippen molar-refractivity contribution < 1.29 is 4.79 Å². The Morgan fingerprint density at radius 2 is 1.83 bits per heavy atom. The summed E-state index contributed by atoms with van der Waals surface area (Å²) in [6.07, 6.45) is 0.763. The van der Waals surface area contributed by atoms with E-state index < -0.39 is 0 Å². The molecular formula is C7H4Br3NO. The molecule has 1 rings (SSSR count). The van der Waals surface area contributed by atoms with Gasteiger partial charge in [0.25, 0.3) is 0 Å². The number of nitrogens with two attached hydrogens (primary N) is 1. The number of carbonyl (C=O) groups excluding carboxylic acids is 1. The van der Waals surface area contributed by atoms with Crippen LogP contribution in [0.5, 0.6) is 0 Å². The molecule has 0 atom stereocenters. The van der Waals surface area contributed by atoms with Gasteiger partial charge in [-0.1, -0.05) is 0 Å². The monoisotopic (exact) mass is 355 g/mol. The van der Waals surface area contributed by atoms with Gasteiger partial charge in [-0.3, -0.25) is 4.79 Å². The van der Waals surface area contributed by atoms with Crippen molar-refractivity contribution in [1.82, 2.24) is 0 Å².